The molecule has 2 aliphatic heterocycles. The van der Waals surface area contributed by atoms with Crippen molar-refractivity contribution in [3.63, 3.8) is 0 Å². The van der Waals surface area contributed by atoms with Gasteiger partial charge in [-0.05, 0) is 24.8 Å². The van der Waals surface area contributed by atoms with E-state index < -0.39 is 0 Å². The van der Waals surface area contributed by atoms with Crippen LogP contribution >= 0.6 is 0 Å². The predicted molar refractivity (Wildman–Crippen MR) is 77.3 cm³/mol. The summed E-state index contributed by atoms with van der Waals surface area (Å²) in [6.07, 6.45) is 5.06. The smallest absolute Gasteiger partial charge is 0.227 e. The van der Waals surface area contributed by atoms with Gasteiger partial charge in [0.25, 0.3) is 0 Å². The second kappa shape index (κ2) is 5.20. The van der Waals surface area contributed by atoms with E-state index in [9.17, 15) is 4.79 Å². The molecule has 0 aromatic carbocycles. The van der Waals surface area contributed by atoms with Gasteiger partial charge in [-0.25, -0.2) is 0 Å². The number of aryl methyl sites for hydroxylation is 1. The molecule has 1 N–H and O–H groups in total. The number of rotatable bonds is 2. The van der Waals surface area contributed by atoms with Crippen molar-refractivity contribution in [2.45, 2.75) is 32.2 Å². The van der Waals surface area contributed by atoms with E-state index in [-0.39, 0.29) is 11.8 Å². The van der Waals surface area contributed by atoms with Crippen LogP contribution in [0, 0.1) is 11.8 Å². The lowest BCUT2D eigenvalue weighted by molar-refractivity contribution is -0.136. The Morgan fingerprint density at radius 3 is 2.80 bits per heavy atom. The molecular weight excluding hydrogens is 252 g/mol. The second-order valence-electron chi connectivity index (χ2n) is 6.50. The van der Waals surface area contributed by atoms with E-state index in [4.69, 9.17) is 0 Å². The summed E-state index contributed by atoms with van der Waals surface area (Å²) in [6, 6.07) is 0.382. The molecule has 0 bridgehead atoms. The number of likely N-dealkylation sites (tertiary alicyclic amines) is 1. The maximum Gasteiger partial charge on any atom is 0.227 e. The summed E-state index contributed by atoms with van der Waals surface area (Å²) in [5.41, 5.74) is 1.18. The number of nitrogens with one attached hydrogen (secondary N) is 1. The summed E-state index contributed by atoms with van der Waals surface area (Å²) >= 11 is 0. The summed E-state index contributed by atoms with van der Waals surface area (Å²) in [5.74, 6) is 1.27. The fourth-order valence-electron chi connectivity index (χ4n) is 3.74. The zero-order chi connectivity index (χ0) is 14.3. The normalized spacial score (nSPS) is 33.9. The van der Waals surface area contributed by atoms with Gasteiger partial charge >= 0.3 is 0 Å². The Balaban J connectivity index is 1.77. The molecule has 20 heavy (non-hydrogen) atoms. The third-order valence-corrected chi connectivity index (χ3v) is 4.75. The zero-order valence-corrected chi connectivity index (χ0v) is 12.5. The molecular formula is C15H24N4O. The molecule has 0 spiro atoms. The number of nitrogens with zero attached hydrogens (tertiary/aromatic N) is 3. The van der Waals surface area contributed by atoms with Gasteiger partial charge in [0.2, 0.25) is 5.91 Å². The van der Waals surface area contributed by atoms with Gasteiger partial charge in [-0.15, -0.1) is 0 Å². The molecule has 2 saturated heterocycles. The van der Waals surface area contributed by atoms with Crippen LogP contribution in [-0.4, -0.2) is 46.3 Å². The third kappa shape index (κ3) is 2.35. The summed E-state index contributed by atoms with van der Waals surface area (Å²) in [5, 5.41) is 7.62. The Bertz CT molecular complexity index is 498. The Labute approximate surface area is 120 Å². The van der Waals surface area contributed by atoms with E-state index in [1.807, 2.05) is 24.1 Å². The average Bonchev–Trinajstić information content (AvgIpc) is 3.08. The highest BCUT2D eigenvalue weighted by molar-refractivity contribution is 5.81. The number of amides is 1. The van der Waals surface area contributed by atoms with Crippen molar-refractivity contribution in [2.75, 3.05) is 19.6 Å². The van der Waals surface area contributed by atoms with Crippen molar-refractivity contribution < 1.29 is 4.79 Å². The number of carbonyl (C=O) groups excluding carboxylic acids is 1. The standard InChI is InChI=1S/C15H24N4O/c1-10-4-11(2)19(8-10)15(20)14-7-16-6-13(14)12-5-17-18(3)9-12/h5,9-11,13-14,16H,4,6-8H2,1-3H3/t10?,11?,13-,14+/m1/s1. The van der Waals surface area contributed by atoms with E-state index in [1.54, 1.807) is 0 Å². The minimum Gasteiger partial charge on any atom is -0.339 e. The van der Waals surface area contributed by atoms with Crippen molar-refractivity contribution in [3.8, 4) is 0 Å². The van der Waals surface area contributed by atoms with Crippen molar-refractivity contribution in [1.29, 1.82) is 0 Å². The van der Waals surface area contributed by atoms with Crippen LogP contribution < -0.4 is 5.32 Å². The SMILES string of the molecule is CC1CC(C)N(C(=O)[C@H]2CNC[C@@H]2c2cnn(C)c2)C1. The van der Waals surface area contributed by atoms with E-state index in [2.05, 4.69) is 29.2 Å². The van der Waals surface area contributed by atoms with Gasteiger partial charge in [-0.2, -0.15) is 5.10 Å². The molecule has 110 valence electrons. The molecule has 3 heterocycles. The fraction of sp³-hybridized carbons (Fsp3) is 0.733. The number of aromatic nitrogens is 2. The molecule has 0 radical (unpaired) electrons. The monoisotopic (exact) mass is 276 g/mol. The zero-order valence-electron chi connectivity index (χ0n) is 12.5. The predicted octanol–water partition coefficient (Wildman–Crippen LogP) is 0.980. The highest BCUT2D eigenvalue weighted by atomic mass is 16.2. The first-order valence-electron chi connectivity index (χ1n) is 7.56. The Hall–Kier alpha value is -1.36. The van der Waals surface area contributed by atoms with E-state index >= 15 is 0 Å². The largest absolute Gasteiger partial charge is 0.339 e. The van der Waals surface area contributed by atoms with Crippen molar-refractivity contribution in [2.24, 2.45) is 18.9 Å². The summed E-state index contributed by atoms with van der Waals surface area (Å²) in [7, 11) is 1.92. The highest BCUT2D eigenvalue weighted by Gasteiger charge is 2.40. The summed E-state index contributed by atoms with van der Waals surface area (Å²) in [4.78, 5) is 14.9. The molecule has 2 aliphatic rings. The first-order valence-corrected chi connectivity index (χ1v) is 7.56. The average molecular weight is 276 g/mol. The Morgan fingerprint density at radius 2 is 2.20 bits per heavy atom. The first kappa shape index (κ1) is 13.6. The molecule has 0 aliphatic carbocycles. The highest BCUT2D eigenvalue weighted by Crippen LogP contribution is 2.32. The molecule has 1 aromatic rings. The third-order valence-electron chi connectivity index (χ3n) is 4.75. The van der Waals surface area contributed by atoms with Gasteiger partial charge in [-0.1, -0.05) is 6.92 Å². The van der Waals surface area contributed by atoms with E-state index in [1.165, 1.54) is 5.56 Å². The van der Waals surface area contributed by atoms with Crippen LogP contribution in [0.2, 0.25) is 0 Å². The summed E-state index contributed by atoms with van der Waals surface area (Å²) in [6.45, 7) is 6.98. The fourth-order valence-corrected chi connectivity index (χ4v) is 3.74. The van der Waals surface area contributed by atoms with Crippen LogP contribution in [0.15, 0.2) is 12.4 Å². The van der Waals surface area contributed by atoms with Crippen molar-refractivity contribution in [1.82, 2.24) is 20.0 Å². The molecule has 5 nitrogen and oxygen atoms in total. The maximum absolute atomic E-state index is 12.9. The second-order valence-corrected chi connectivity index (χ2v) is 6.50. The van der Waals surface area contributed by atoms with Crippen molar-refractivity contribution in [3.05, 3.63) is 18.0 Å². The van der Waals surface area contributed by atoms with Gasteiger partial charge in [0, 0.05) is 44.8 Å². The molecule has 2 unspecified atom stereocenters. The Kier molecular flexibility index (Phi) is 3.54. The van der Waals surface area contributed by atoms with Crippen LogP contribution in [-0.2, 0) is 11.8 Å². The van der Waals surface area contributed by atoms with Crippen LogP contribution in [0.4, 0.5) is 0 Å². The molecule has 3 rings (SSSR count). The molecule has 0 saturated carbocycles. The van der Waals surface area contributed by atoms with Crippen molar-refractivity contribution >= 4 is 5.91 Å². The minimum atomic E-state index is 0.0620. The van der Waals surface area contributed by atoms with Crippen LogP contribution in [0.5, 0.6) is 0 Å². The first-order chi connectivity index (χ1) is 9.56. The molecule has 2 fully saturated rings. The topological polar surface area (TPSA) is 50.2 Å². The quantitative estimate of drug-likeness (QED) is 0.876. The lowest BCUT2D eigenvalue weighted by Crippen LogP contribution is -2.40. The lowest BCUT2D eigenvalue weighted by atomic mass is 9.89. The number of carbonyl (C=O) groups is 1. The Morgan fingerprint density at radius 1 is 1.40 bits per heavy atom. The van der Waals surface area contributed by atoms with E-state index in [0.29, 0.717) is 17.9 Å². The minimum absolute atomic E-state index is 0.0620. The van der Waals surface area contributed by atoms with Gasteiger partial charge in [0.1, 0.15) is 0 Å². The lowest BCUT2D eigenvalue weighted by Gasteiger charge is -2.27. The van der Waals surface area contributed by atoms with Gasteiger partial charge in [0.05, 0.1) is 12.1 Å². The molecule has 1 aromatic heterocycles. The maximum atomic E-state index is 12.9. The number of hydrogen-bond donors (Lipinski definition) is 1. The summed E-state index contributed by atoms with van der Waals surface area (Å²) < 4.78 is 1.82. The van der Waals surface area contributed by atoms with Gasteiger partial charge in [-0.3, -0.25) is 9.48 Å². The van der Waals surface area contributed by atoms with Crippen LogP contribution in [0.3, 0.4) is 0 Å². The molecule has 1 amide bonds. The molecule has 4 atom stereocenters. The van der Waals surface area contributed by atoms with Crippen LogP contribution in [0.25, 0.3) is 0 Å². The van der Waals surface area contributed by atoms with E-state index in [0.717, 1.165) is 26.1 Å². The number of hydrogen-bond acceptors (Lipinski definition) is 3. The van der Waals surface area contributed by atoms with Gasteiger partial charge in [0.15, 0.2) is 0 Å². The molecule has 5 heteroatoms. The van der Waals surface area contributed by atoms with Gasteiger partial charge < -0.3 is 10.2 Å². The van der Waals surface area contributed by atoms with Crippen LogP contribution in [0.1, 0.15) is 31.7 Å².